The zero-order valence-corrected chi connectivity index (χ0v) is 22.6. The quantitative estimate of drug-likeness (QED) is 0.471. The van der Waals surface area contributed by atoms with Gasteiger partial charge in [0.25, 0.3) is 5.91 Å². The van der Waals surface area contributed by atoms with E-state index in [0.29, 0.717) is 36.8 Å². The van der Waals surface area contributed by atoms with Crippen molar-refractivity contribution in [1.29, 1.82) is 0 Å². The first-order valence-electron chi connectivity index (χ1n) is 13.2. The molecule has 1 fully saturated rings. The van der Waals surface area contributed by atoms with Crippen LogP contribution in [0.2, 0.25) is 5.02 Å². The first kappa shape index (κ1) is 26.6. The van der Waals surface area contributed by atoms with Gasteiger partial charge in [-0.25, -0.2) is 14.3 Å². The lowest BCUT2D eigenvalue weighted by Crippen LogP contribution is -2.49. The molecule has 0 spiro atoms. The van der Waals surface area contributed by atoms with Crippen molar-refractivity contribution in [2.24, 2.45) is 0 Å². The van der Waals surface area contributed by atoms with Gasteiger partial charge in [0.05, 0.1) is 16.3 Å². The Morgan fingerprint density at radius 3 is 2.46 bits per heavy atom. The normalized spacial score (nSPS) is 17.0. The van der Waals surface area contributed by atoms with Crippen LogP contribution < -0.4 is 15.5 Å². The Morgan fingerprint density at radius 2 is 1.74 bits per heavy atom. The summed E-state index contributed by atoms with van der Waals surface area (Å²) in [6.07, 6.45) is 5.54. The Balaban J connectivity index is 1.27. The summed E-state index contributed by atoms with van der Waals surface area (Å²) in [6, 6.07) is 14.0. The number of likely N-dealkylation sites (tertiary alicyclic amines) is 1. The summed E-state index contributed by atoms with van der Waals surface area (Å²) in [4.78, 5) is 44.4. The third-order valence-corrected chi connectivity index (χ3v) is 7.44. The minimum Gasteiger partial charge on any atom is -0.336 e. The van der Waals surface area contributed by atoms with Gasteiger partial charge in [-0.3, -0.25) is 4.79 Å². The fourth-order valence-electron chi connectivity index (χ4n) is 5.03. The van der Waals surface area contributed by atoms with Crippen molar-refractivity contribution in [2.45, 2.75) is 32.4 Å². The molecule has 11 heteroatoms. The number of carbonyl (C=O) groups is 3. The maximum Gasteiger partial charge on any atom is 0.318 e. The number of anilines is 1. The molecule has 39 heavy (non-hydrogen) atoms. The van der Waals surface area contributed by atoms with Crippen LogP contribution in [0.25, 0.3) is 5.69 Å². The Bertz CT molecular complexity index is 1340. The minimum absolute atomic E-state index is 0.0933. The highest BCUT2D eigenvalue weighted by Gasteiger charge is 2.32. The number of fused-ring (bicyclic) bond motifs is 1. The molecular weight excluding hydrogens is 518 g/mol. The van der Waals surface area contributed by atoms with E-state index in [1.54, 1.807) is 43.9 Å². The largest absolute Gasteiger partial charge is 0.336 e. The summed E-state index contributed by atoms with van der Waals surface area (Å²) in [5.41, 5.74) is 2.73. The molecule has 2 N–H and O–H groups in total. The first-order chi connectivity index (χ1) is 18.9. The van der Waals surface area contributed by atoms with Crippen molar-refractivity contribution < 1.29 is 14.4 Å². The summed E-state index contributed by atoms with van der Waals surface area (Å²) >= 11 is 6.58. The molecule has 10 nitrogen and oxygen atoms in total. The maximum absolute atomic E-state index is 13.8. The van der Waals surface area contributed by atoms with Gasteiger partial charge in [0.2, 0.25) is 0 Å². The number of rotatable bonds is 5. The number of amides is 5. The van der Waals surface area contributed by atoms with Gasteiger partial charge in [-0.15, -0.1) is 0 Å². The lowest BCUT2D eigenvalue weighted by molar-refractivity contribution is 0.0980. The lowest BCUT2D eigenvalue weighted by Gasteiger charge is -2.29. The fourth-order valence-corrected chi connectivity index (χ4v) is 5.29. The second-order valence-electron chi connectivity index (χ2n) is 9.79. The van der Waals surface area contributed by atoms with Crippen LogP contribution in [-0.4, -0.2) is 76.3 Å². The van der Waals surface area contributed by atoms with Crippen molar-refractivity contribution in [3.8, 4) is 5.69 Å². The van der Waals surface area contributed by atoms with Gasteiger partial charge in [-0.05, 0) is 55.7 Å². The third-order valence-electron chi connectivity index (χ3n) is 7.13. The molecule has 1 atom stereocenters. The highest BCUT2D eigenvalue weighted by atomic mass is 35.5. The molecule has 0 aliphatic carbocycles. The first-order valence-corrected chi connectivity index (χ1v) is 13.6. The number of nitrogens with one attached hydrogen (secondary N) is 2. The summed E-state index contributed by atoms with van der Waals surface area (Å²) < 4.78 is 1.68. The second-order valence-corrected chi connectivity index (χ2v) is 10.2. The van der Waals surface area contributed by atoms with Gasteiger partial charge in [0.15, 0.2) is 0 Å². The topological polar surface area (TPSA) is 103 Å². The number of halogens is 1. The van der Waals surface area contributed by atoms with E-state index in [0.717, 1.165) is 42.9 Å². The second kappa shape index (κ2) is 11.8. The molecule has 1 aromatic heterocycles. The van der Waals surface area contributed by atoms with E-state index in [1.807, 2.05) is 43.3 Å². The summed E-state index contributed by atoms with van der Waals surface area (Å²) in [7, 11) is 0. The van der Waals surface area contributed by atoms with Crippen LogP contribution in [0.5, 0.6) is 0 Å². The van der Waals surface area contributed by atoms with Gasteiger partial charge in [0, 0.05) is 63.4 Å². The van der Waals surface area contributed by atoms with Gasteiger partial charge in [-0.2, -0.15) is 5.10 Å². The molecule has 1 saturated heterocycles. The van der Waals surface area contributed by atoms with E-state index >= 15 is 0 Å². The van der Waals surface area contributed by atoms with E-state index in [2.05, 4.69) is 15.7 Å². The predicted molar refractivity (Wildman–Crippen MR) is 149 cm³/mol. The standard InChI is InChI=1S/C28H32ClN7O3/c1-20-18-35(26(37)23-10-9-22(17-24(23)29)36-16-6-11-32-36)25-8-3-2-7-21(25)19-34(20)28(39)31-13-12-30-27(38)33-14-4-5-15-33/h2-3,6-11,16-17,20H,4-5,12-15,18-19H2,1H3,(H,30,38)(H,31,39)/t20-/m1/s1. The van der Waals surface area contributed by atoms with E-state index in [1.165, 1.54) is 0 Å². The molecule has 5 amide bonds. The maximum atomic E-state index is 13.8. The van der Waals surface area contributed by atoms with E-state index in [4.69, 9.17) is 11.6 Å². The van der Waals surface area contributed by atoms with Crippen molar-refractivity contribution in [3.05, 3.63) is 77.1 Å². The molecule has 3 heterocycles. The summed E-state index contributed by atoms with van der Waals surface area (Å²) in [5.74, 6) is -0.238. The Hall–Kier alpha value is -4.05. The molecule has 3 aromatic rings. The van der Waals surface area contributed by atoms with Crippen molar-refractivity contribution in [2.75, 3.05) is 37.6 Å². The Labute approximate surface area is 232 Å². The number of hydrogen-bond donors (Lipinski definition) is 2. The molecule has 2 aromatic carbocycles. The molecular formula is C28H32ClN7O3. The minimum atomic E-state index is -0.275. The SMILES string of the molecule is C[C@@H]1CN(C(=O)c2ccc(-n3cccn3)cc2Cl)c2ccccc2CN1C(=O)NCCNC(=O)N1CCCC1. The van der Waals surface area contributed by atoms with Gasteiger partial charge in [-0.1, -0.05) is 29.8 Å². The van der Waals surface area contributed by atoms with Crippen LogP contribution in [0.4, 0.5) is 15.3 Å². The van der Waals surface area contributed by atoms with Crippen LogP contribution in [0.3, 0.4) is 0 Å². The van der Waals surface area contributed by atoms with Crippen LogP contribution in [-0.2, 0) is 6.54 Å². The smallest absolute Gasteiger partial charge is 0.318 e. The highest BCUT2D eigenvalue weighted by Crippen LogP contribution is 2.30. The molecule has 2 aliphatic heterocycles. The monoisotopic (exact) mass is 549 g/mol. The molecule has 5 rings (SSSR count). The zero-order chi connectivity index (χ0) is 27.4. The Morgan fingerprint density at radius 1 is 1.00 bits per heavy atom. The number of para-hydroxylation sites is 1. The molecule has 2 aliphatic rings. The molecule has 0 bridgehead atoms. The fraction of sp³-hybridized carbons (Fsp3) is 0.357. The lowest BCUT2D eigenvalue weighted by atomic mass is 10.1. The molecule has 204 valence electrons. The predicted octanol–water partition coefficient (Wildman–Crippen LogP) is 3.89. The zero-order valence-electron chi connectivity index (χ0n) is 21.8. The number of benzene rings is 2. The third kappa shape index (κ3) is 5.85. The van der Waals surface area contributed by atoms with E-state index in [9.17, 15) is 14.4 Å². The summed E-state index contributed by atoms with van der Waals surface area (Å²) in [5, 5.41) is 10.3. The number of aromatic nitrogens is 2. The van der Waals surface area contributed by atoms with Gasteiger partial charge >= 0.3 is 12.1 Å². The van der Waals surface area contributed by atoms with Crippen molar-refractivity contribution in [1.82, 2.24) is 30.2 Å². The van der Waals surface area contributed by atoms with E-state index in [-0.39, 0.29) is 24.0 Å². The van der Waals surface area contributed by atoms with Crippen LogP contribution in [0.1, 0.15) is 35.7 Å². The number of hydrogen-bond acceptors (Lipinski definition) is 4. The number of carbonyl (C=O) groups excluding carboxylic acids is 3. The van der Waals surface area contributed by atoms with E-state index < -0.39 is 0 Å². The Kier molecular flexibility index (Phi) is 8.02. The van der Waals surface area contributed by atoms with Crippen molar-refractivity contribution >= 4 is 35.3 Å². The highest BCUT2D eigenvalue weighted by molar-refractivity contribution is 6.34. The van der Waals surface area contributed by atoms with Gasteiger partial charge in [0.1, 0.15) is 0 Å². The summed E-state index contributed by atoms with van der Waals surface area (Å²) in [6.45, 7) is 4.77. The van der Waals surface area contributed by atoms with Crippen LogP contribution in [0.15, 0.2) is 60.9 Å². The molecule has 0 radical (unpaired) electrons. The number of urea groups is 2. The van der Waals surface area contributed by atoms with Gasteiger partial charge < -0.3 is 25.3 Å². The van der Waals surface area contributed by atoms with Crippen LogP contribution >= 0.6 is 11.6 Å². The average molecular weight is 550 g/mol. The molecule has 0 saturated carbocycles. The number of nitrogens with zero attached hydrogens (tertiary/aromatic N) is 5. The molecule has 0 unspecified atom stereocenters. The van der Waals surface area contributed by atoms with Crippen molar-refractivity contribution in [3.63, 3.8) is 0 Å². The van der Waals surface area contributed by atoms with Crippen LogP contribution in [0, 0.1) is 0 Å². The average Bonchev–Trinajstić information content (AvgIpc) is 3.65.